The fraction of sp³-hybridized carbons (Fsp3) is 0.125. The molecular weight excluding hydrogens is 141 g/mol. The van der Waals surface area contributed by atoms with Crippen molar-refractivity contribution in [3.63, 3.8) is 0 Å². The molecule has 0 aromatic carbocycles. The minimum atomic E-state index is 1.35. The molecule has 2 heterocycles. The third kappa shape index (κ3) is 0.833. The van der Waals surface area contributed by atoms with Gasteiger partial charge in [0.15, 0.2) is 0 Å². The highest BCUT2D eigenvalue weighted by Crippen LogP contribution is 2.21. The van der Waals surface area contributed by atoms with E-state index in [0.717, 1.165) is 0 Å². The van der Waals surface area contributed by atoms with Gasteiger partial charge in [-0.3, -0.25) is 0 Å². The first kappa shape index (κ1) is 5.94. The van der Waals surface area contributed by atoms with E-state index in [-0.39, 0.29) is 0 Å². The van der Waals surface area contributed by atoms with E-state index < -0.39 is 0 Å². The summed E-state index contributed by atoms with van der Waals surface area (Å²) in [6, 6.07) is 6.27. The van der Waals surface area contributed by atoms with Crippen LogP contribution in [0.1, 0.15) is 5.30 Å². The van der Waals surface area contributed by atoms with E-state index in [0.29, 0.717) is 0 Å². The molecule has 0 aliphatic heterocycles. The number of hydrogen-bond acceptors (Lipinski definition) is 0. The second-order valence-corrected chi connectivity index (χ2v) is 3.74. The maximum atomic E-state index is 2.16. The number of rotatable bonds is 0. The van der Waals surface area contributed by atoms with Gasteiger partial charge in [0.05, 0.1) is 5.25 Å². The van der Waals surface area contributed by atoms with Crippen LogP contribution in [0.2, 0.25) is 0 Å². The van der Waals surface area contributed by atoms with Crippen LogP contribution in [0.15, 0.2) is 30.6 Å². The Morgan fingerprint density at radius 2 is 2.30 bits per heavy atom. The summed E-state index contributed by atoms with van der Waals surface area (Å²) < 4.78 is 2.16. The van der Waals surface area contributed by atoms with Gasteiger partial charge in [0.2, 0.25) is 0 Å². The van der Waals surface area contributed by atoms with Crippen molar-refractivity contribution in [1.82, 2.24) is 4.40 Å². The fourth-order valence-electron chi connectivity index (χ4n) is 1.06. The van der Waals surface area contributed by atoms with Crippen molar-refractivity contribution in [1.29, 1.82) is 0 Å². The van der Waals surface area contributed by atoms with Crippen LogP contribution in [0.4, 0.5) is 0 Å². The molecule has 50 valence electrons. The summed E-state index contributed by atoms with van der Waals surface area (Å²) in [4.78, 5) is 0. The highest BCUT2D eigenvalue weighted by molar-refractivity contribution is 7.36. The van der Waals surface area contributed by atoms with Gasteiger partial charge in [0.1, 0.15) is 0 Å². The first-order chi connectivity index (χ1) is 4.86. The van der Waals surface area contributed by atoms with Crippen molar-refractivity contribution in [2.24, 2.45) is 0 Å². The number of nitrogens with zero attached hydrogens (tertiary/aromatic N) is 1. The van der Waals surface area contributed by atoms with E-state index >= 15 is 0 Å². The average Bonchev–Trinajstić information content (AvgIpc) is 2.27. The summed E-state index contributed by atoms with van der Waals surface area (Å²) >= 11 is 0. The third-order valence-electron chi connectivity index (χ3n) is 1.48. The standard InChI is InChI=1S/C8H8NP/c1-7-6-9-5-3-2-4-8(9)10-7/h2-6H,1H3. The Balaban J connectivity index is 2.88. The maximum Gasteiger partial charge on any atom is 0.0726 e. The summed E-state index contributed by atoms with van der Waals surface area (Å²) in [5.41, 5.74) is 0. The zero-order valence-corrected chi connectivity index (χ0v) is 6.68. The van der Waals surface area contributed by atoms with Crippen molar-refractivity contribution in [2.75, 3.05) is 0 Å². The number of aromatic nitrogens is 1. The molecule has 0 saturated carbocycles. The molecule has 0 saturated heterocycles. The monoisotopic (exact) mass is 149 g/mol. The van der Waals surface area contributed by atoms with Gasteiger partial charge in [-0.15, -0.1) is 0 Å². The first-order valence-electron chi connectivity index (χ1n) is 3.26. The molecule has 1 nitrogen and oxygen atoms in total. The number of hydrogen-bond donors (Lipinski definition) is 0. The summed E-state index contributed by atoms with van der Waals surface area (Å²) in [5.74, 6) is 0. The first-order valence-corrected chi connectivity index (χ1v) is 4.16. The zero-order chi connectivity index (χ0) is 6.97. The van der Waals surface area contributed by atoms with E-state index in [2.05, 4.69) is 35.9 Å². The van der Waals surface area contributed by atoms with Gasteiger partial charge in [0.25, 0.3) is 0 Å². The Bertz CT molecular complexity index is 318. The van der Waals surface area contributed by atoms with Crippen molar-refractivity contribution in [2.45, 2.75) is 6.92 Å². The summed E-state index contributed by atoms with van der Waals surface area (Å²) in [6.07, 6.45) is 4.25. The van der Waals surface area contributed by atoms with E-state index in [9.17, 15) is 0 Å². The van der Waals surface area contributed by atoms with Crippen LogP contribution >= 0.6 is 8.19 Å². The molecule has 2 rings (SSSR count). The Labute approximate surface area is 61.4 Å². The van der Waals surface area contributed by atoms with Gasteiger partial charge in [-0.25, -0.2) is 0 Å². The van der Waals surface area contributed by atoms with E-state index in [4.69, 9.17) is 0 Å². The van der Waals surface area contributed by atoms with Gasteiger partial charge in [-0.1, -0.05) is 6.07 Å². The van der Waals surface area contributed by atoms with Crippen molar-refractivity contribution < 1.29 is 0 Å². The number of fused-ring (bicyclic) bond motifs is 1. The molecule has 0 unspecified atom stereocenters. The van der Waals surface area contributed by atoms with Gasteiger partial charge in [-0.05, 0) is 32.5 Å². The van der Waals surface area contributed by atoms with Crippen molar-refractivity contribution in [3.05, 3.63) is 35.9 Å². The lowest BCUT2D eigenvalue weighted by Crippen LogP contribution is -1.75. The summed E-state index contributed by atoms with van der Waals surface area (Å²) in [6.45, 7) is 2.15. The molecule has 0 amide bonds. The Morgan fingerprint density at radius 3 is 3.10 bits per heavy atom. The SMILES string of the molecule is Cc1cn2ccccc2p1. The molecule has 0 atom stereocenters. The Kier molecular flexibility index (Phi) is 1.25. The number of aryl methyl sites for hydroxylation is 1. The highest BCUT2D eigenvalue weighted by Gasteiger charge is 1.91. The summed E-state index contributed by atoms with van der Waals surface area (Å²) in [7, 11) is 1.35. The molecule has 0 N–H and O–H groups in total. The second kappa shape index (κ2) is 2.10. The maximum absolute atomic E-state index is 2.16. The smallest absolute Gasteiger partial charge is 0.0726 e. The van der Waals surface area contributed by atoms with Crippen LogP contribution in [0, 0.1) is 6.92 Å². The van der Waals surface area contributed by atoms with Gasteiger partial charge in [0, 0.05) is 12.4 Å². The number of pyridine rings is 1. The lowest BCUT2D eigenvalue weighted by Gasteiger charge is -1.87. The minimum absolute atomic E-state index is 1.35. The lowest BCUT2D eigenvalue weighted by molar-refractivity contribution is 1.19. The van der Waals surface area contributed by atoms with Crippen LogP contribution in [0.5, 0.6) is 0 Å². The van der Waals surface area contributed by atoms with Gasteiger partial charge >= 0.3 is 0 Å². The molecule has 0 aliphatic carbocycles. The van der Waals surface area contributed by atoms with Gasteiger partial charge < -0.3 is 4.40 Å². The summed E-state index contributed by atoms with van der Waals surface area (Å²) in [5, 5.41) is 2.77. The van der Waals surface area contributed by atoms with Crippen LogP contribution in [-0.2, 0) is 0 Å². The molecule has 0 radical (unpaired) electrons. The van der Waals surface area contributed by atoms with E-state index in [1.165, 1.54) is 18.7 Å². The lowest BCUT2D eigenvalue weighted by atomic mass is 10.5. The Hall–Kier alpha value is -0.810. The van der Waals surface area contributed by atoms with Crippen LogP contribution in [0.3, 0.4) is 0 Å². The van der Waals surface area contributed by atoms with E-state index in [1.807, 2.05) is 6.07 Å². The van der Waals surface area contributed by atoms with Crippen LogP contribution in [-0.4, -0.2) is 4.40 Å². The second-order valence-electron chi connectivity index (χ2n) is 2.35. The average molecular weight is 149 g/mol. The topological polar surface area (TPSA) is 4.41 Å². The molecule has 0 aliphatic rings. The Morgan fingerprint density at radius 1 is 1.40 bits per heavy atom. The molecule has 0 bridgehead atoms. The quantitative estimate of drug-likeness (QED) is 0.542. The largest absolute Gasteiger partial charge is 0.319 e. The van der Waals surface area contributed by atoms with Crippen LogP contribution < -0.4 is 0 Å². The molecule has 2 heteroatoms. The van der Waals surface area contributed by atoms with E-state index in [1.54, 1.807) is 0 Å². The van der Waals surface area contributed by atoms with Gasteiger partial charge in [-0.2, -0.15) is 0 Å². The third-order valence-corrected chi connectivity index (χ3v) is 2.56. The molecule has 0 spiro atoms. The predicted octanol–water partition coefficient (Wildman–Crippen LogP) is 2.83. The van der Waals surface area contributed by atoms with Crippen molar-refractivity contribution in [3.8, 4) is 0 Å². The molecular formula is C8H8NP. The van der Waals surface area contributed by atoms with Crippen LogP contribution in [0.25, 0.3) is 5.25 Å². The minimum Gasteiger partial charge on any atom is -0.319 e. The molecule has 2 aromatic rings. The predicted molar refractivity (Wildman–Crippen MR) is 44.6 cm³/mol. The molecule has 2 aromatic heterocycles. The zero-order valence-electron chi connectivity index (χ0n) is 5.78. The fourth-order valence-corrected chi connectivity index (χ4v) is 2.01. The highest BCUT2D eigenvalue weighted by atomic mass is 31.0. The molecule has 0 fully saturated rings. The van der Waals surface area contributed by atoms with Crippen molar-refractivity contribution >= 4 is 13.4 Å². The molecule has 10 heavy (non-hydrogen) atoms. The normalized spacial score (nSPS) is 11.3.